The van der Waals surface area contributed by atoms with Gasteiger partial charge in [0.1, 0.15) is 0 Å². The first kappa shape index (κ1) is 9.09. The van der Waals surface area contributed by atoms with Gasteiger partial charge in [0.05, 0.1) is 5.71 Å². The number of aliphatic hydroxyl groups is 2. The maximum absolute atomic E-state index is 11.2. The van der Waals surface area contributed by atoms with Crippen molar-refractivity contribution in [2.24, 2.45) is 4.99 Å². The molecular weight excluding hydrogens is 158 g/mol. The Morgan fingerprint density at radius 2 is 2.33 bits per heavy atom. The number of carbonyl (C=O) groups is 1. The quantitative estimate of drug-likeness (QED) is 0.594. The summed E-state index contributed by atoms with van der Waals surface area (Å²) in [7, 11) is 0. The molecule has 66 valence electrons. The number of ketones is 1. The summed E-state index contributed by atoms with van der Waals surface area (Å²) >= 11 is 0. The summed E-state index contributed by atoms with van der Waals surface area (Å²) in [6.07, 6.45) is 0.546. The van der Waals surface area contributed by atoms with E-state index in [-0.39, 0.29) is 18.8 Å². The normalized spacial score (nSPS) is 23.6. The van der Waals surface area contributed by atoms with Crippen molar-refractivity contribution in [3.63, 3.8) is 0 Å². The topological polar surface area (TPSA) is 69.9 Å². The molecule has 0 amide bonds. The third-order valence-electron chi connectivity index (χ3n) is 1.77. The van der Waals surface area contributed by atoms with E-state index in [2.05, 4.69) is 4.99 Å². The number of hydrogen-bond acceptors (Lipinski definition) is 4. The number of aliphatic imine (C=N–C) groups is 1. The lowest BCUT2D eigenvalue weighted by Gasteiger charge is -2.14. The summed E-state index contributed by atoms with van der Waals surface area (Å²) in [4.78, 5) is 15.0. The van der Waals surface area contributed by atoms with E-state index in [4.69, 9.17) is 5.11 Å². The second-order valence-electron chi connectivity index (χ2n) is 2.67. The van der Waals surface area contributed by atoms with Gasteiger partial charge in [-0.15, -0.1) is 0 Å². The molecule has 4 nitrogen and oxygen atoms in total. The average molecular weight is 169 g/mol. The van der Waals surface area contributed by atoms with Crippen LogP contribution in [0.3, 0.4) is 0 Å². The molecule has 0 aromatic heterocycles. The number of aliphatic hydroxyl groups excluding tert-OH is 2. The van der Waals surface area contributed by atoms with Crippen LogP contribution in [0.2, 0.25) is 0 Å². The number of nitrogens with zero attached hydrogens (tertiary/aromatic N) is 1. The van der Waals surface area contributed by atoms with Crippen molar-refractivity contribution in [2.75, 3.05) is 6.61 Å². The van der Waals surface area contributed by atoms with E-state index in [0.29, 0.717) is 11.3 Å². The zero-order chi connectivity index (χ0) is 9.14. The van der Waals surface area contributed by atoms with E-state index < -0.39 is 6.10 Å². The van der Waals surface area contributed by atoms with Gasteiger partial charge in [0.25, 0.3) is 0 Å². The Labute approximate surface area is 70.2 Å². The van der Waals surface area contributed by atoms with E-state index in [1.807, 2.05) is 0 Å². The Balaban J connectivity index is 2.82. The SMILES string of the molecule is CC1=NC=C(CCO)C(=O)C1O. The number of carbonyl (C=O) groups excluding carboxylic acids is 1. The van der Waals surface area contributed by atoms with Gasteiger partial charge in [-0.05, 0) is 6.92 Å². The van der Waals surface area contributed by atoms with E-state index in [0.717, 1.165) is 0 Å². The van der Waals surface area contributed by atoms with Gasteiger partial charge in [-0.2, -0.15) is 0 Å². The molecule has 4 heteroatoms. The van der Waals surface area contributed by atoms with Crippen molar-refractivity contribution < 1.29 is 15.0 Å². The smallest absolute Gasteiger partial charge is 0.194 e. The summed E-state index contributed by atoms with van der Waals surface area (Å²) in [6.45, 7) is 1.49. The standard InChI is InChI=1S/C8H11NO3/c1-5-7(11)8(12)6(2-3-10)4-9-5/h4,7,10-11H,2-3H2,1H3. The van der Waals surface area contributed by atoms with Crippen LogP contribution in [0.5, 0.6) is 0 Å². The molecule has 0 saturated carbocycles. The Hall–Kier alpha value is -1.00. The molecule has 0 saturated heterocycles. The fourth-order valence-electron chi connectivity index (χ4n) is 0.987. The van der Waals surface area contributed by atoms with Crippen molar-refractivity contribution >= 4 is 11.5 Å². The molecule has 0 aliphatic carbocycles. The van der Waals surface area contributed by atoms with Gasteiger partial charge >= 0.3 is 0 Å². The molecule has 12 heavy (non-hydrogen) atoms. The van der Waals surface area contributed by atoms with Crippen LogP contribution in [0.4, 0.5) is 0 Å². The van der Waals surface area contributed by atoms with Gasteiger partial charge in [-0.1, -0.05) is 0 Å². The average Bonchev–Trinajstić information content (AvgIpc) is 2.07. The third kappa shape index (κ3) is 1.60. The molecule has 0 spiro atoms. The number of hydrogen-bond donors (Lipinski definition) is 2. The molecule has 1 aliphatic heterocycles. The second kappa shape index (κ2) is 3.60. The predicted molar refractivity (Wildman–Crippen MR) is 43.9 cm³/mol. The minimum absolute atomic E-state index is 0.0984. The van der Waals surface area contributed by atoms with Crippen LogP contribution in [0, 0.1) is 0 Å². The molecule has 0 radical (unpaired) electrons. The van der Waals surface area contributed by atoms with Crippen molar-refractivity contribution in [3.8, 4) is 0 Å². The van der Waals surface area contributed by atoms with Crippen molar-refractivity contribution in [1.29, 1.82) is 0 Å². The molecule has 1 heterocycles. The first-order valence-corrected chi connectivity index (χ1v) is 3.73. The van der Waals surface area contributed by atoms with Crippen molar-refractivity contribution in [1.82, 2.24) is 0 Å². The summed E-state index contributed by atoms with van der Waals surface area (Å²) in [5.74, 6) is -0.350. The van der Waals surface area contributed by atoms with Crippen molar-refractivity contribution in [3.05, 3.63) is 11.8 Å². The van der Waals surface area contributed by atoms with E-state index in [1.54, 1.807) is 6.92 Å². The summed E-state index contributed by atoms with van der Waals surface area (Å²) in [5, 5.41) is 17.8. The zero-order valence-electron chi connectivity index (χ0n) is 6.82. The van der Waals surface area contributed by atoms with Crippen LogP contribution >= 0.6 is 0 Å². The molecule has 0 aromatic carbocycles. The van der Waals surface area contributed by atoms with Crippen molar-refractivity contribution in [2.45, 2.75) is 19.4 Å². The maximum atomic E-state index is 11.2. The molecule has 1 atom stereocenters. The summed E-state index contributed by atoms with van der Waals surface area (Å²) in [6, 6.07) is 0. The molecule has 0 bridgehead atoms. The third-order valence-corrected chi connectivity index (χ3v) is 1.77. The monoisotopic (exact) mass is 169 g/mol. The van der Waals surface area contributed by atoms with Crippen LogP contribution < -0.4 is 0 Å². The highest BCUT2D eigenvalue weighted by atomic mass is 16.3. The van der Waals surface area contributed by atoms with Gasteiger partial charge in [0.2, 0.25) is 0 Å². The molecule has 1 rings (SSSR count). The largest absolute Gasteiger partial charge is 0.396 e. The van der Waals surface area contributed by atoms with Gasteiger partial charge in [-0.3, -0.25) is 9.79 Å². The molecule has 1 unspecified atom stereocenters. The minimum atomic E-state index is -1.11. The van der Waals surface area contributed by atoms with E-state index >= 15 is 0 Å². The lowest BCUT2D eigenvalue weighted by Crippen LogP contribution is -2.31. The van der Waals surface area contributed by atoms with E-state index in [9.17, 15) is 9.90 Å². The molecule has 1 aliphatic rings. The highest BCUT2D eigenvalue weighted by Crippen LogP contribution is 2.12. The highest BCUT2D eigenvalue weighted by Gasteiger charge is 2.24. The lowest BCUT2D eigenvalue weighted by molar-refractivity contribution is -0.120. The Bertz CT molecular complexity index is 255. The highest BCUT2D eigenvalue weighted by molar-refractivity contribution is 6.15. The summed E-state index contributed by atoms with van der Waals surface area (Å²) < 4.78 is 0. The zero-order valence-corrected chi connectivity index (χ0v) is 6.82. The van der Waals surface area contributed by atoms with Gasteiger partial charge in [0.15, 0.2) is 11.9 Å². The second-order valence-corrected chi connectivity index (χ2v) is 2.67. The number of rotatable bonds is 2. The van der Waals surface area contributed by atoms with Crippen LogP contribution in [0.15, 0.2) is 16.8 Å². The lowest BCUT2D eigenvalue weighted by atomic mass is 10.00. The van der Waals surface area contributed by atoms with E-state index in [1.165, 1.54) is 6.20 Å². The molecule has 0 aromatic rings. The van der Waals surface area contributed by atoms with Crippen LogP contribution in [0.1, 0.15) is 13.3 Å². The van der Waals surface area contributed by atoms with Gasteiger partial charge < -0.3 is 10.2 Å². The predicted octanol–water partition coefficient (Wildman–Crippen LogP) is -0.343. The molecule has 0 fully saturated rings. The summed E-state index contributed by atoms with van der Waals surface area (Å²) in [5.41, 5.74) is 0.789. The Kier molecular flexibility index (Phi) is 2.73. The van der Waals surface area contributed by atoms with Crippen LogP contribution in [-0.2, 0) is 4.79 Å². The first-order valence-electron chi connectivity index (χ1n) is 3.73. The fourth-order valence-corrected chi connectivity index (χ4v) is 0.987. The maximum Gasteiger partial charge on any atom is 0.194 e. The first-order chi connectivity index (χ1) is 5.66. The van der Waals surface area contributed by atoms with Gasteiger partial charge in [-0.25, -0.2) is 0 Å². The van der Waals surface area contributed by atoms with Crippen LogP contribution in [0.25, 0.3) is 0 Å². The fraction of sp³-hybridized carbons (Fsp3) is 0.500. The Morgan fingerprint density at radius 1 is 1.67 bits per heavy atom. The Morgan fingerprint density at radius 3 is 2.92 bits per heavy atom. The van der Waals surface area contributed by atoms with Crippen LogP contribution in [-0.4, -0.2) is 34.4 Å². The van der Waals surface area contributed by atoms with Gasteiger partial charge in [0, 0.05) is 24.8 Å². The molecular formula is C8H11NO3. The minimum Gasteiger partial charge on any atom is -0.396 e. The number of Topliss-reactive ketones (excluding diaryl/α,β-unsaturated/α-hetero) is 1. The molecule has 2 N–H and O–H groups in total.